The number of nitrogens with zero attached hydrogens (tertiary/aromatic N) is 2. The fraction of sp³-hybridized carbons (Fsp3) is 0.0714. The third-order valence-corrected chi connectivity index (χ3v) is 6.32. The molecule has 0 aliphatic rings. The summed E-state index contributed by atoms with van der Waals surface area (Å²) in [6, 6.07) is 19.1. The maximum Gasteiger partial charge on any atom is 0.417 e. The van der Waals surface area contributed by atoms with E-state index < -0.39 is 28.7 Å². The van der Waals surface area contributed by atoms with Gasteiger partial charge in [0.15, 0.2) is 0 Å². The van der Waals surface area contributed by atoms with Crippen LogP contribution in [-0.4, -0.2) is 9.55 Å². The number of nitrogens with one attached hydrogen (secondary N) is 1. The molecule has 0 atom stereocenters. The van der Waals surface area contributed by atoms with Gasteiger partial charge in [-0.25, -0.2) is 4.39 Å². The van der Waals surface area contributed by atoms with Crippen molar-refractivity contribution in [2.24, 2.45) is 0 Å². The normalized spacial score (nSPS) is 11.5. The van der Waals surface area contributed by atoms with Crippen molar-refractivity contribution in [2.75, 3.05) is 0 Å². The molecule has 0 fully saturated rings. The van der Waals surface area contributed by atoms with E-state index in [1.807, 2.05) is 18.2 Å². The van der Waals surface area contributed by atoms with Crippen LogP contribution in [0.4, 0.5) is 17.6 Å². The summed E-state index contributed by atoms with van der Waals surface area (Å²) in [5.74, 6) is 0.372. The zero-order chi connectivity index (χ0) is 27.0. The molecule has 38 heavy (non-hydrogen) atoms. The average molecular weight is 538 g/mol. The van der Waals surface area contributed by atoms with Crippen LogP contribution in [0.3, 0.4) is 0 Å². The van der Waals surface area contributed by atoms with Crippen molar-refractivity contribution in [3.8, 4) is 28.8 Å². The average Bonchev–Trinajstić information content (AvgIpc) is 3.34. The Morgan fingerprint density at radius 3 is 2.39 bits per heavy atom. The van der Waals surface area contributed by atoms with Gasteiger partial charge in [-0.1, -0.05) is 17.7 Å². The summed E-state index contributed by atoms with van der Waals surface area (Å²) in [7, 11) is 0. The molecule has 5 nitrogen and oxygen atoms in total. The maximum atomic E-state index is 13.8. The monoisotopic (exact) mass is 537 g/mol. The van der Waals surface area contributed by atoms with E-state index in [-0.39, 0.29) is 22.8 Å². The Balaban J connectivity index is 1.58. The van der Waals surface area contributed by atoms with E-state index in [2.05, 4.69) is 4.98 Å². The van der Waals surface area contributed by atoms with Crippen molar-refractivity contribution >= 4 is 22.5 Å². The van der Waals surface area contributed by atoms with Crippen molar-refractivity contribution in [3.63, 3.8) is 0 Å². The van der Waals surface area contributed by atoms with Crippen LogP contribution in [0.15, 0.2) is 83.8 Å². The van der Waals surface area contributed by atoms with Gasteiger partial charge in [-0.3, -0.25) is 4.79 Å². The highest BCUT2D eigenvalue weighted by Crippen LogP contribution is 2.35. The first-order valence-corrected chi connectivity index (χ1v) is 11.6. The molecule has 10 heteroatoms. The van der Waals surface area contributed by atoms with Gasteiger partial charge in [0.25, 0.3) is 5.56 Å². The molecular weight excluding hydrogens is 522 g/mol. The van der Waals surface area contributed by atoms with Gasteiger partial charge >= 0.3 is 6.18 Å². The summed E-state index contributed by atoms with van der Waals surface area (Å²) in [6.45, 7) is -0.283. The molecule has 2 heterocycles. The number of halogens is 5. The van der Waals surface area contributed by atoms with E-state index in [1.54, 1.807) is 24.4 Å². The maximum absolute atomic E-state index is 13.8. The lowest BCUT2D eigenvalue weighted by Crippen LogP contribution is -2.28. The zero-order valence-corrected chi connectivity index (χ0v) is 20.1. The minimum atomic E-state index is -4.94. The summed E-state index contributed by atoms with van der Waals surface area (Å²) in [5, 5.41) is 10.3. The van der Waals surface area contributed by atoms with Crippen molar-refractivity contribution in [1.29, 1.82) is 5.26 Å². The molecular formula is C28H16ClF4N3O2. The number of benzene rings is 3. The number of aromatic amines is 1. The number of alkyl halides is 3. The van der Waals surface area contributed by atoms with E-state index in [4.69, 9.17) is 16.3 Å². The van der Waals surface area contributed by atoms with Gasteiger partial charge in [0.05, 0.1) is 17.8 Å². The molecule has 0 amide bonds. The van der Waals surface area contributed by atoms with E-state index in [9.17, 15) is 27.6 Å². The van der Waals surface area contributed by atoms with Crippen molar-refractivity contribution in [3.05, 3.63) is 117 Å². The summed E-state index contributed by atoms with van der Waals surface area (Å²) in [6.07, 6.45) is -3.14. The second-order valence-electron chi connectivity index (χ2n) is 8.41. The van der Waals surface area contributed by atoms with Gasteiger partial charge in [0.1, 0.15) is 28.9 Å². The molecule has 1 N–H and O–H groups in total. The summed E-state index contributed by atoms with van der Waals surface area (Å²) >= 11 is 6.12. The predicted molar refractivity (Wildman–Crippen MR) is 135 cm³/mol. The van der Waals surface area contributed by atoms with Crippen LogP contribution in [-0.2, 0) is 12.7 Å². The highest BCUT2D eigenvalue weighted by Gasteiger charge is 2.36. The van der Waals surface area contributed by atoms with E-state index in [0.717, 1.165) is 33.7 Å². The number of H-pyrrole nitrogens is 1. The zero-order valence-electron chi connectivity index (χ0n) is 19.3. The molecule has 5 aromatic rings. The van der Waals surface area contributed by atoms with Crippen molar-refractivity contribution in [1.82, 2.24) is 9.55 Å². The Hall–Kier alpha value is -4.55. The number of pyridine rings is 1. The van der Waals surface area contributed by atoms with Crippen molar-refractivity contribution in [2.45, 2.75) is 12.7 Å². The SMILES string of the molecule is N#Cc1c(C(F)(F)F)cc(-c2ccc(Oc3ccc4[nH]ccc4c3)cc2)n(Cc2ccc(F)cc2Cl)c1=O. The quantitative estimate of drug-likeness (QED) is 0.236. The Bertz CT molecular complexity index is 1770. The predicted octanol–water partition coefficient (Wildman–Crippen LogP) is 7.52. The van der Waals surface area contributed by atoms with Gasteiger partial charge in [0, 0.05) is 22.1 Å². The Labute approximate surface area is 218 Å². The van der Waals surface area contributed by atoms with Crippen LogP contribution >= 0.6 is 11.6 Å². The second kappa shape index (κ2) is 9.72. The number of rotatable bonds is 5. The number of aromatic nitrogens is 2. The molecule has 0 saturated carbocycles. The minimum Gasteiger partial charge on any atom is -0.457 e. The third kappa shape index (κ3) is 4.86. The van der Waals surface area contributed by atoms with Crippen LogP contribution in [0.1, 0.15) is 16.7 Å². The second-order valence-corrected chi connectivity index (χ2v) is 8.82. The lowest BCUT2D eigenvalue weighted by atomic mass is 10.0. The summed E-state index contributed by atoms with van der Waals surface area (Å²) < 4.78 is 61.8. The fourth-order valence-corrected chi connectivity index (χ4v) is 4.35. The van der Waals surface area contributed by atoms with Crippen LogP contribution < -0.4 is 10.3 Å². The first kappa shape index (κ1) is 25.1. The number of nitriles is 1. The molecule has 190 valence electrons. The van der Waals surface area contributed by atoms with Crippen LogP contribution in [0.2, 0.25) is 5.02 Å². The molecule has 0 aliphatic carbocycles. The highest BCUT2D eigenvalue weighted by molar-refractivity contribution is 6.31. The van der Waals surface area contributed by atoms with E-state index >= 15 is 0 Å². The lowest BCUT2D eigenvalue weighted by molar-refractivity contribution is -0.137. The Morgan fingerprint density at radius 2 is 1.71 bits per heavy atom. The number of hydrogen-bond acceptors (Lipinski definition) is 3. The molecule has 2 aromatic heterocycles. The van der Waals surface area contributed by atoms with Crippen LogP contribution in [0, 0.1) is 17.1 Å². The highest BCUT2D eigenvalue weighted by atomic mass is 35.5. The topological polar surface area (TPSA) is 70.8 Å². The van der Waals surface area contributed by atoms with Gasteiger partial charge in [-0.05, 0) is 77.9 Å². The van der Waals surface area contributed by atoms with Gasteiger partial charge in [-0.2, -0.15) is 18.4 Å². The minimum absolute atomic E-state index is 0.00982. The lowest BCUT2D eigenvalue weighted by Gasteiger charge is -2.18. The largest absolute Gasteiger partial charge is 0.457 e. The van der Waals surface area contributed by atoms with Gasteiger partial charge in [-0.15, -0.1) is 0 Å². The molecule has 5 rings (SSSR count). The first-order valence-electron chi connectivity index (χ1n) is 11.2. The molecule has 3 aromatic carbocycles. The molecule has 0 unspecified atom stereocenters. The number of fused-ring (bicyclic) bond motifs is 1. The van der Waals surface area contributed by atoms with Crippen LogP contribution in [0.25, 0.3) is 22.2 Å². The molecule has 0 spiro atoms. The molecule has 0 bridgehead atoms. The van der Waals surface area contributed by atoms with E-state index in [0.29, 0.717) is 17.1 Å². The number of ether oxygens (including phenoxy) is 1. The Kier molecular flexibility index (Phi) is 6.43. The third-order valence-electron chi connectivity index (χ3n) is 5.97. The fourth-order valence-electron chi connectivity index (χ4n) is 4.12. The standard InChI is InChI=1S/C28H16ClF4N3O2/c29-24-12-19(30)4-1-18(24)15-36-26(13-23(28(31,32)33)22(14-34)27(36)37)16-2-5-20(6-3-16)38-21-7-8-25-17(11-21)9-10-35-25/h1-13,35H,15H2. The summed E-state index contributed by atoms with van der Waals surface area (Å²) in [5.41, 5.74) is -2.13. The van der Waals surface area contributed by atoms with Crippen LogP contribution in [0.5, 0.6) is 11.5 Å². The summed E-state index contributed by atoms with van der Waals surface area (Å²) in [4.78, 5) is 16.2. The number of hydrogen-bond donors (Lipinski definition) is 1. The molecule has 0 radical (unpaired) electrons. The first-order chi connectivity index (χ1) is 18.1. The van der Waals surface area contributed by atoms with Gasteiger partial charge in [0.2, 0.25) is 0 Å². The van der Waals surface area contributed by atoms with Crippen molar-refractivity contribution < 1.29 is 22.3 Å². The Morgan fingerprint density at radius 1 is 0.974 bits per heavy atom. The van der Waals surface area contributed by atoms with E-state index in [1.165, 1.54) is 24.3 Å². The molecule has 0 saturated heterocycles. The smallest absolute Gasteiger partial charge is 0.417 e. The van der Waals surface area contributed by atoms with Gasteiger partial charge < -0.3 is 14.3 Å². The molecule has 0 aliphatic heterocycles.